The van der Waals surface area contributed by atoms with Gasteiger partial charge >= 0.3 is 0 Å². The van der Waals surface area contributed by atoms with Gasteiger partial charge in [-0.2, -0.15) is 0 Å². The number of rotatable bonds is 21. The van der Waals surface area contributed by atoms with Gasteiger partial charge in [0.2, 0.25) is 5.91 Å². The lowest BCUT2D eigenvalue weighted by atomic mass is 10.1. The molecule has 0 saturated carbocycles. The third-order valence-electron chi connectivity index (χ3n) is 6.24. The van der Waals surface area contributed by atoms with E-state index in [1.54, 1.807) is 0 Å². The Hall–Kier alpha value is -1.06. The van der Waals surface area contributed by atoms with Crippen molar-refractivity contribution in [3.05, 3.63) is 0 Å². The number of carbonyl (C=O) groups is 1. The number of carbonyl (C=O) groups excluding carboxylic acids is 1. The highest BCUT2D eigenvalue weighted by Crippen LogP contribution is 2.13. The minimum Gasteiger partial charge on any atom is -0.357 e. The van der Waals surface area contributed by atoms with Crippen LogP contribution in [0.5, 0.6) is 0 Å². The number of amides is 1. The molecule has 4 nitrogen and oxygen atoms in total. The Labute approximate surface area is 187 Å². The summed E-state index contributed by atoms with van der Waals surface area (Å²) in [4.78, 5) is 19.1. The molecule has 0 spiro atoms. The van der Waals surface area contributed by atoms with E-state index in [4.69, 9.17) is 4.99 Å². The summed E-state index contributed by atoms with van der Waals surface area (Å²) >= 11 is 0. The highest BCUT2D eigenvalue weighted by molar-refractivity contribution is 5.83. The normalized spacial score (nSPS) is 13.7. The third kappa shape index (κ3) is 14.8. The fourth-order valence-electron chi connectivity index (χ4n) is 4.26. The van der Waals surface area contributed by atoms with Crippen LogP contribution < -0.4 is 5.32 Å². The van der Waals surface area contributed by atoms with E-state index in [0.717, 1.165) is 39.0 Å². The van der Waals surface area contributed by atoms with E-state index in [1.165, 1.54) is 102 Å². The first-order valence-electron chi connectivity index (χ1n) is 13.3. The molecular weight excluding hydrogens is 370 g/mol. The van der Waals surface area contributed by atoms with Gasteiger partial charge in [-0.25, -0.2) is 0 Å². The van der Waals surface area contributed by atoms with Crippen molar-refractivity contribution in [2.75, 3.05) is 26.2 Å². The van der Waals surface area contributed by atoms with Crippen molar-refractivity contribution in [1.29, 1.82) is 0 Å². The fraction of sp³-hybridized carbons (Fsp3) is 0.923. The third-order valence-corrected chi connectivity index (χ3v) is 6.24. The molecule has 1 aliphatic rings. The molecule has 0 fully saturated rings. The summed E-state index contributed by atoms with van der Waals surface area (Å²) in [6.07, 6.45) is 22.9. The minimum absolute atomic E-state index is 0.225. The van der Waals surface area contributed by atoms with Crippen LogP contribution in [0.15, 0.2) is 4.99 Å². The summed E-state index contributed by atoms with van der Waals surface area (Å²) in [6, 6.07) is 0. The quantitative estimate of drug-likeness (QED) is 0.205. The molecule has 0 bridgehead atoms. The van der Waals surface area contributed by atoms with Crippen molar-refractivity contribution in [3.8, 4) is 0 Å². The summed E-state index contributed by atoms with van der Waals surface area (Å²) in [5.74, 6) is 1.50. The second-order valence-electron chi connectivity index (χ2n) is 9.08. The number of unbranched alkanes of at least 4 members (excludes halogenated alkanes) is 14. The maximum atomic E-state index is 12.1. The van der Waals surface area contributed by atoms with Crippen LogP contribution in [0, 0.1) is 0 Å². The van der Waals surface area contributed by atoms with Crippen LogP contribution in [-0.4, -0.2) is 42.8 Å². The van der Waals surface area contributed by atoms with Crippen LogP contribution in [0.25, 0.3) is 0 Å². The Bertz CT molecular complexity index is 436. The van der Waals surface area contributed by atoms with Crippen molar-refractivity contribution in [3.63, 3.8) is 0 Å². The standard InChI is InChI=1S/C26H51N3O/c1-3-5-7-9-11-12-14-16-18-20-26(30)28-22-24-29-23-21-27-25(29)19-17-15-13-10-8-6-4-2/h3-24H2,1-2H3,(H,28,30). The average Bonchev–Trinajstić information content (AvgIpc) is 3.19. The van der Waals surface area contributed by atoms with E-state index in [1.807, 2.05) is 0 Å². The zero-order valence-electron chi connectivity index (χ0n) is 20.4. The van der Waals surface area contributed by atoms with Gasteiger partial charge in [0, 0.05) is 32.5 Å². The molecule has 0 atom stereocenters. The smallest absolute Gasteiger partial charge is 0.220 e. The van der Waals surface area contributed by atoms with Gasteiger partial charge in [-0.1, -0.05) is 104 Å². The van der Waals surface area contributed by atoms with Crippen LogP contribution >= 0.6 is 0 Å². The van der Waals surface area contributed by atoms with Gasteiger partial charge in [0.05, 0.1) is 12.4 Å². The van der Waals surface area contributed by atoms with Crippen LogP contribution in [0.4, 0.5) is 0 Å². The lowest BCUT2D eigenvalue weighted by Gasteiger charge is -2.20. The monoisotopic (exact) mass is 421 g/mol. The topological polar surface area (TPSA) is 44.7 Å². The van der Waals surface area contributed by atoms with Gasteiger partial charge in [0.15, 0.2) is 0 Å². The Morgan fingerprint density at radius 2 is 1.33 bits per heavy atom. The summed E-state index contributed by atoms with van der Waals surface area (Å²) in [5.41, 5.74) is 0. The molecule has 1 heterocycles. The molecule has 0 aromatic heterocycles. The van der Waals surface area contributed by atoms with E-state index >= 15 is 0 Å². The Balaban J connectivity index is 1.95. The number of nitrogens with zero attached hydrogens (tertiary/aromatic N) is 2. The molecule has 1 N–H and O–H groups in total. The van der Waals surface area contributed by atoms with Gasteiger partial charge in [0.25, 0.3) is 0 Å². The Morgan fingerprint density at radius 1 is 0.800 bits per heavy atom. The molecule has 1 amide bonds. The second-order valence-corrected chi connectivity index (χ2v) is 9.08. The van der Waals surface area contributed by atoms with Crippen molar-refractivity contribution in [2.45, 2.75) is 129 Å². The molecule has 1 rings (SSSR count). The zero-order valence-corrected chi connectivity index (χ0v) is 20.4. The summed E-state index contributed by atoms with van der Waals surface area (Å²) < 4.78 is 0. The molecule has 176 valence electrons. The first kappa shape index (κ1) is 27.0. The summed E-state index contributed by atoms with van der Waals surface area (Å²) in [6.45, 7) is 8.16. The van der Waals surface area contributed by atoms with Crippen molar-refractivity contribution in [1.82, 2.24) is 10.2 Å². The van der Waals surface area contributed by atoms with Crippen molar-refractivity contribution in [2.24, 2.45) is 4.99 Å². The largest absolute Gasteiger partial charge is 0.357 e. The van der Waals surface area contributed by atoms with Crippen LogP contribution in [0.3, 0.4) is 0 Å². The predicted molar refractivity (Wildman–Crippen MR) is 131 cm³/mol. The zero-order chi connectivity index (χ0) is 21.7. The number of nitrogens with one attached hydrogen (secondary N) is 1. The molecule has 30 heavy (non-hydrogen) atoms. The highest BCUT2D eigenvalue weighted by atomic mass is 16.1. The lowest BCUT2D eigenvalue weighted by molar-refractivity contribution is -0.121. The fourth-order valence-corrected chi connectivity index (χ4v) is 4.26. The number of aliphatic imine (C=N–C) groups is 1. The summed E-state index contributed by atoms with van der Waals surface area (Å²) in [5, 5.41) is 3.12. The van der Waals surface area contributed by atoms with Crippen LogP contribution in [0.2, 0.25) is 0 Å². The van der Waals surface area contributed by atoms with Gasteiger partial charge in [-0.15, -0.1) is 0 Å². The molecule has 0 aromatic carbocycles. The average molecular weight is 422 g/mol. The molecule has 1 aliphatic heterocycles. The van der Waals surface area contributed by atoms with Crippen LogP contribution in [0.1, 0.15) is 129 Å². The van der Waals surface area contributed by atoms with Crippen molar-refractivity contribution < 1.29 is 4.79 Å². The Morgan fingerprint density at radius 3 is 1.93 bits per heavy atom. The van der Waals surface area contributed by atoms with E-state index in [9.17, 15) is 4.79 Å². The van der Waals surface area contributed by atoms with Gasteiger partial charge in [-0.3, -0.25) is 9.79 Å². The second kappa shape index (κ2) is 19.9. The van der Waals surface area contributed by atoms with Gasteiger partial charge in [-0.05, 0) is 12.8 Å². The Kier molecular flexibility index (Phi) is 17.9. The predicted octanol–water partition coefficient (Wildman–Crippen LogP) is 6.88. The maximum absolute atomic E-state index is 12.1. The van der Waals surface area contributed by atoms with E-state index in [2.05, 4.69) is 24.1 Å². The molecule has 4 heteroatoms. The lowest BCUT2D eigenvalue weighted by Crippen LogP contribution is -2.36. The SMILES string of the molecule is CCCCCCCCCCCC(=O)NCCN1CCN=C1CCCCCCCCC. The van der Waals surface area contributed by atoms with Gasteiger partial charge in [0.1, 0.15) is 0 Å². The maximum Gasteiger partial charge on any atom is 0.220 e. The number of amidine groups is 1. The number of hydrogen-bond acceptors (Lipinski definition) is 3. The van der Waals surface area contributed by atoms with E-state index in [0.29, 0.717) is 6.42 Å². The molecule has 0 saturated heterocycles. The molecule has 0 unspecified atom stereocenters. The first-order chi connectivity index (χ1) is 14.8. The van der Waals surface area contributed by atoms with Crippen LogP contribution in [-0.2, 0) is 4.79 Å². The number of hydrogen-bond donors (Lipinski definition) is 1. The highest BCUT2D eigenvalue weighted by Gasteiger charge is 2.16. The van der Waals surface area contributed by atoms with Crippen molar-refractivity contribution >= 4 is 11.7 Å². The molecular formula is C26H51N3O. The molecule has 0 aromatic rings. The molecule has 0 radical (unpaired) electrons. The van der Waals surface area contributed by atoms with E-state index < -0.39 is 0 Å². The minimum atomic E-state index is 0.225. The first-order valence-corrected chi connectivity index (χ1v) is 13.3. The van der Waals surface area contributed by atoms with Gasteiger partial charge < -0.3 is 10.2 Å². The van der Waals surface area contributed by atoms with E-state index in [-0.39, 0.29) is 5.91 Å². The summed E-state index contributed by atoms with van der Waals surface area (Å²) in [7, 11) is 0. The molecule has 0 aliphatic carbocycles.